The Hall–Kier alpha value is -1.26. The maximum Gasteiger partial charge on any atom is 0.411 e. The molecule has 1 aliphatic carbocycles. The van der Waals surface area contributed by atoms with Crippen molar-refractivity contribution in [1.82, 2.24) is 4.90 Å². The number of piperidine rings is 1. The van der Waals surface area contributed by atoms with Gasteiger partial charge < -0.3 is 9.84 Å². The number of likely N-dealkylation sites (tertiary alicyclic amines) is 1. The summed E-state index contributed by atoms with van der Waals surface area (Å²) in [5.74, 6) is -0.408. The average molecular weight is 227 g/mol. The number of hydrogen-bond acceptors (Lipinski definition) is 3. The molecule has 0 spiro atoms. The average Bonchev–Trinajstić information content (AvgIpc) is 2.73. The van der Waals surface area contributed by atoms with E-state index in [1.807, 2.05) is 0 Å². The minimum atomic E-state index is -0.921. The maximum absolute atomic E-state index is 11.8. The highest BCUT2D eigenvalue weighted by Crippen LogP contribution is 2.49. The van der Waals surface area contributed by atoms with Crippen molar-refractivity contribution in [2.75, 3.05) is 6.54 Å². The van der Waals surface area contributed by atoms with Gasteiger partial charge in [-0.2, -0.15) is 0 Å². The van der Waals surface area contributed by atoms with Crippen molar-refractivity contribution in [2.24, 2.45) is 11.8 Å². The molecular weight excluding hydrogens is 210 g/mol. The summed E-state index contributed by atoms with van der Waals surface area (Å²) >= 11 is 0. The zero-order valence-corrected chi connectivity index (χ0v) is 9.77. The van der Waals surface area contributed by atoms with Gasteiger partial charge >= 0.3 is 12.1 Å². The Morgan fingerprint density at radius 1 is 1.38 bits per heavy atom. The van der Waals surface area contributed by atoms with E-state index in [0.717, 1.165) is 6.42 Å². The second-order valence-electron chi connectivity index (χ2n) is 5.58. The van der Waals surface area contributed by atoms with E-state index < -0.39 is 23.7 Å². The molecule has 16 heavy (non-hydrogen) atoms. The van der Waals surface area contributed by atoms with Crippen molar-refractivity contribution in [2.45, 2.75) is 38.8 Å². The SMILES string of the molecule is CC(C)(C)OC(=O)N1C[C@H]2C[C@@H]2C1C(=O)O. The molecule has 5 nitrogen and oxygen atoms in total. The highest BCUT2D eigenvalue weighted by Gasteiger charge is 2.57. The molecule has 2 fully saturated rings. The predicted octanol–water partition coefficient (Wildman–Crippen LogP) is 1.33. The fourth-order valence-electron chi connectivity index (χ4n) is 2.29. The van der Waals surface area contributed by atoms with Gasteiger partial charge in [-0.25, -0.2) is 9.59 Å². The third-order valence-electron chi connectivity index (χ3n) is 3.03. The first-order valence-electron chi connectivity index (χ1n) is 5.52. The largest absolute Gasteiger partial charge is 0.480 e. The normalized spacial score (nSPS) is 32.2. The van der Waals surface area contributed by atoms with E-state index in [-0.39, 0.29) is 5.92 Å². The van der Waals surface area contributed by atoms with Crippen LogP contribution in [-0.4, -0.2) is 40.3 Å². The highest BCUT2D eigenvalue weighted by atomic mass is 16.6. The first kappa shape index (κ1) is 11.2. The third kappa shape index (κ3) is 1.99. The first-order chi connectivity index (χ1) is 7.29. The summed E-state index contributed by atoms with van der Waals surface area (Å²) in [7, 11) is 0. The Bertz CT molecular complexity index is 333. The standard InChI is InChI=1S/C11H17NO4/c1-11(2,3)16-10(15)12-5-6-4-7(6)8(12)9(13)14/h6-8H,4-5H2,1-3H3,(H,13,14)/t6-,7+,8?/m1/s1. The lowest BCUT2D eigenvalue weighted by Crippen LogP contribution is -2.45. The molecule has 1 saturated carbocycles. The Morgan fingerprint density at radius 3 is 2.50 bits per heavy atom. The first-order valence-corrected chi connectivity index (χ1v) is 5.52. The number of carboxylic acid groups (broad SMARTS) is 1. The van der Waals surface area contributed by atoms with Crippen LogP contribution in [-0.2, 0) is 9.53 Å². The van der Waals surface area contributed by atoms with Crippen LogP contribution in [0, 0.1) is 11.8 Å². The molecule has 0 aromatic heterocycles. The topological polar surface area (TPSA) is 66.8 Å². The summed E-state index contributed by atoms with van der Waals surface area (Å²) < 4.78 is 5.19. The number of aliphatic carboxylic acids is 1. The number of hydrogen-bond donors (Lipinski definition) is 1. The molecule has 2 aliphatic rings. The number of carbonyl (C=O) groups is 2. The van der Waals surface area contributed by atoms with Gasteiger partial charge in [-0.15, -0.1) is 0 Å². The zero-order chi connectivity index (χ0) is 12.1. The van der Waals surface area contributed by atoms with Crippen molar-refractivity contribution in [1.29, 1.82) is 0 Å². The fraction of sp³-hybridized carbons (Fsp3) is 0.818. The predicted molar refractivity (Wildman–Crippen MR) is 56.0 cm³/mol. The van der Waals surface area contributed by atoms with Gasteiger partial charge in [0.1, 0.15) is 11.6 Å². The molecular formula is C11H17NO4. The number of ether oxygens (including phenoxy) is 1. The number of fused-ring (bicyclic) bond motifs is 1. The number of carboxylic acids is 1. The molecule has 0 aromatic carbocycles. The Labute approximate surface area is 94.4 Å². The molecule has 1 amide bonds. The molecule has 0 radical (unpaired) electrons. The van der Waals surface area contributed by atoms with Gasteiger partial charge in [0.15, 0.2) is 0 Å². The van der Waals surface area contributed by atoms with E-state index in [1.165, 1.54) is 4.90 Å². The lowest BCUT2D eigenvalue weighted by molar-refractivity contribution is -0.142. The van der Waals surface area contributed by atoms with E-state index in [0.29, 0.717) is 12.5 Å². The van der Waals surface area contributed by atoms with Crippen LogP contribution in [0.1, 0.15) is 27.2 Å². The van der Waals surface area contributed by atoms with Crippen molar-refractivity contribution < 1.29 is 19.4 Å². The van der Waals surface area contributed by atoms with E-state index in [4.69, 9.17) is 9.84 Å². The summed E-state index contributed by atoms with van der Waals surface area (Å²) in [4.78, 5) is 24.2. The monoisotopic (exact) mass is 227 g/mol. The van der Waals surface area contributed by atoms with Crippen LogP contribution in [0.15, 0.2) is 0 Å². The van der Waals surface area contributed by atoms with Crippen molar-refractivity contribution >= 4 is 12.1 Å². The molecule has 1 N–H and O–H groups in total. The van der Waals surface area contributed by atoms with Gasteiger partial charge in [0, 0.05) is 6.54 Å². The van der Waals surface area contributed by atoms with E-state index in [2.05, 4.69) is 0 Å². The minimum absolute atomic E-state index is 0.144. The molecule has 1 saturated heterocycles. The lowest BCUT2D eigenvalue weighted by atomic mass is 10.2. The van der Waals surface area contributed by atoms with Crippen LogP contribution in [0.4, 0.5) is 4.79 Å². The summed E-state index contributed by atoms with van der Waals surface area (Å²) in [6.45, 7) is 5.85. The molecule has 0 aromatic rings. The Morgan fingerprint density at radius 2 is 2.00 bits per heavy atom. The van der Waals surface area contributed by atoms with Gasteiger partial charge in [0.05, 0.1) is 0 Å². The van der Waals surface area contributed by atoms with Crippen LogP contribution >= 0.6 is 0 Å². The van der Waals surface area contributed by atoms with Crippen LogP contribution in [0.2, 0.25) is 0 Å². The molecule has 1 aliphatic heterocycles. The quantitative estimate of drug-likeness (QED) is 0.733. The van der Waals surface area contributed by atoms with Gasteiger partial charge in [-0.05, 0) is 39.0 Å². The van der Waals surface area contributed by atoms with Gasteiger partial charge in [-0.3, -0.25) is 4.90 Å². The number of amides is 1. The summed E-state index contributed by atoms with van der Waals surface area (Å²) in [5, 5.41) is 9.08. The van der Waals surface area contributed by atoms with Gasteiger partial charge in [0.25, 0.3) is 0 Å². The second-order valence-corrected chi connectivity index (χ2v) is 5.58. The lowest BCUT2D eigenvalue weighted by Gasteiger charge is -2.28. The van der Waals surface area contributed by atoms with Crippen molar-refractivity contribution in [3.63, 3.8) is 0 Å². The summed E-state index contributed by atoms with van der Waals surface area (Å²) in [5.41, 5.74) is -0.576. The van der Waals surface area contributed by atoms with Crippen molar-refractivity contribution in [3.8, 4) is 0 Å². The Kier molecular flexibility index (Phi) is 2.36. The van der Waals surface area contributed by atoms with Crippen LogP contribution in [0.5, 0.6) is 0 Å². The molecule has 3 atom stereocenters. The molecule has 0 bridgehead atoms. The van der Waals surface area contributed by atoms with Crippen LogP contribution < -0.4 is 0 Å². The van der Waals surface area contributed by atoms with Crippen LogP contribution in [0.25, 0.3) is 0 Å². The molecule has 1 heterocycles. The summed E-state index contributed by atoms with van der Waals surface area (Å²) in [6, 6.07) is -0.681. The van der Waals surface area contributed by atoms with E-state index >= 15 is 0 Å². The second kappa shape index (κ2) is 3.37. The zero-order valence-electron chi connectivity index (χ0n) is 9.77. The summed E-state index contributed by atoms with van der Waals surface area (Å²) in [6.07, 6.45) is 0.420. The molecule has 2 rings (SSSR count). The molecule has 1 unspecified atom stereocenters. The third-order valence-corrected chi connectivity index (χ3v) is 3.03. The number of nitrogens with zero attached hydrogens (tertiary/aromatic N) is 1. The molecule has 5 heteroatoms. The van der Waals surface area contributed by atoms with Gasteiger partial charge in [-0.1, -0.05) is 0 Å². The fourth-order valence-corrected chi connectivity index (χ4v) is 2.29. The van der Waals surface area contributed by atoms with Gasteiger partial charge in [0.2, 0.25) is 0 Å². The number of carbonyl (C=O) groups excluding carboxylic acids is 1. The van der Waals surface area contributed by atoms with E-state index in [1.54, 1.807) is 20.8 Å². The smallest absolute Gasteiger partial charge is 0.411 e. The van der Waals surface area contributed by atoms with Crippen molar-refractivity contribution in [3.05, 3.63) is 0 Å². The molecule has 90 valence electrons. The van der Waals surface area contributed by atoms with E-state index in [9.17, 15) is 9.59 Å². The van der Waals surface area contributed by atoms with Crippen LogP contribution in [0.3, 0.4) is 0 Å². The number of rotatable bonds is 1. The Balaban J connectivity index is 2.04. The maximum atomic E-state index is 11.8. The highest BCUT2D eigenvalue weighted by molar-refractivity contribution is 5.82. The minimum Gasteiger partial charge on any atom is -0.480 e.